The molecule has 0 bridgehead atoms. The molecule has 2 rings (SSSR count). The van der Waals surface area contributed by atoms with Crippen LogP contribution in [-0.2, 0) is 15.1 Å². The molecule has 1 aliphatic heterocycles. The lowest BCUT2D eigenvalue weighted by Gasteiger charge is -2.40. The molecule has 20 heavy (non-hydrogen) atoms. The molecule has 0 atom stereocenters. The first-order valence-electron chi connectivity index (χ1n) is 7.19. The molecule has 0 aromatic heterocycles. The van der Waals surface area contributed by atoms with Crippen LogP contribution < -0.4 is 10.2 Å². The lowest BCUT2D eigenvalue weighted by atomic mass is 9.80. The lowest BCUT2D eigenvalue weighted by Crippen LogP contribution is -3.14. The van der Waals surface area contributed by atoms with Crippen molar-refractivity contribution in [3.8, 4) is 0 Å². The highest BCUT2D eigenvalue weighted by molar-refractivity contribution is 5.76. The fourth-order valence-electron chi connectivity index (χ4n) is 3.14. The molecule has 2 N–H and O–H groups in total. The molecule has 1 heterocycles. The van der Waals surface area contributed by atoms with Gasteiger partial charge in [0.05, 0.1) is 18.6 Å². The molecule has 1 aliphatic rings. The molecule has 1 fully saturated rings. The van der Waals surface area contributed by atoms with Crippen molar-refractivity contribution in [2.75, 3.05) is 19.6 Å². The summed E-state index contributed by atoms with van der Waals surface area (Å²) in [6, 6.07) is 10.2. The maximum absolute atomic E-state index is 11.6. The summed E-state index contributed by atoms with van der Waals surface area (Å²) in [4.78, 5) is 24.1. The van der Waals surface area contributed by atoms with Crippen molar-refractivity contribution in [1.82, 2.24) is 5.32 Å². The molecule has 0 aliphatic carbocycles. The van der Waals surface area contributed by atoms with Gasteiger partial charge in [-0.15, -0.1) is 0 Å². The molecule has 1 saturated heterocycles. The SMILES string of the molecule is CC(=O)C[NH+]1CCC(NC(C)=O)(c2ccccc2)CC1. The predicted octanol–water partition coefficient (Wildman–Crippen LogP) is 0.286. The van der Waals surface area contributed by atoms with E-state index in [-0.39, 0.29) is 17.2 Å². The summed E-state index contributed by atoms with van der Waals surface area (Å²) in [6.07, 6.45) is 1.75. The first-order chi connectivity index (χ1) is 9.52. The number of hydrogen-bond donors (Lipinski definition) is 2. The number of amides is 1. The van der Waals surface area contributed by atoms with E-state index in [4.69, 9.17) is 0 Å². The summed E-state index contributed by atoms with van der Waals surface area (Å²) in [7, 11) is 0. The van der Waals surface area contributed by atoms with Gasteiger partial charge in [0.2, 0.25) is 5.91 Å². The standard InChI is InChI=1S/C16H22N2O2/c1-13(19)12-18-10-8-16(9-11-18,17-14(2)20)15-6-4-3-5-7-15/h3-7H,8-12H2,1-2H3,(H,17,20)/p+1. The van der Waals surface area contributed by atoms with Crippen LogP contribution in [-0.4, -0.2) is 31.3 Å². The molecule has 0 saturated carbocycles. The van der Waals surface area contributed by atoms with Gasteiger partial charge in [-0.25, -0.2) is 0 Å². The predicted molar refractivity (Wildman–Crippen MR) is 77.4 cm³/mol. The molecule has 1 aromatic carbocycles. The van der Waals surface area contributed by atoms with Gasteiger partial charge in [-0.05, 0) is 5.56 Å². The second-order valence-electron chi connectivity index (χ2n) is 5.76. The third-order valence-corrected chi connectivity index (χ3v) is 4.05. The van der Waals surface area contributed by atoms with E-state index in [1.54, 1.807) is 13.8 Å². The highest BCUT2D eigenvalue weighted by Crippen LogP contribution is 2.29. The Bertz CT molecular complexity index is 477. The van der Waals surface area contributed by atoms with E-state index in [0.717, 1.165) is 31.5 Å². The maximum atomic E-state index is 11.6. The number of quaternary nitrogens is 1. The molecule has 0 radical (unpaired) electrons. The molecule has 0 unspecified atom stereocenters. The number of rotatable bonds is 4. The Morgan fingerprint density at radius 2 is 1.75 bits per heavy atom. The number of carbonyl (C=O) groups excluding carboxylic acids is 2. The van der Waals surface area contributed by atoms with Gasteiger partial charge in [0.15, 0.2) is 5.78 Å². The van der Waals surface area contributed by atoms with E-state index < -0.39 is 0 Å². The Morgan fingerprint density at radius 1 is 1.15 bits per heavy atom. The van der Waals surface area contributed by atoms with Crippen molar-refractivity contribution >= 4 is 11.7 Å². The second-order valence-corrected chi connectivity index (χ2v) is 5.76. The van der Waals surface area contributed by atoms with Gasteiger partial charge in [-0.2, -0.15) is 0 Å². The van der Waals surface area contributed by atoms with Gasteiger partial charge in [-0.1, -0.05) is 30.3 Å². The average Bonchev–Trinajstić information content (AvgIpc) is 2.41. The Kier molecular flexibility index (Phi) is 4.55. The van der Waals surface area contributed by atoms with E-state index in [1.807, 2.05) is 18.2 Å². The summed E-state index contributed by atoms with van der Waals surface area (Å²) in [5, 5.41) is 3.15. The number of nitrogens with one attached hydrogen (secondary N) is 2. The molecule has 1 amide bonds. The number of Topliss-reactive ketones (excluding diaryl/α,β-unsaturated/α-hetero) is 1. The molecule has 4 nitrogen and oxygen atoms in total. The molecule has 4 heteroatoms. The smallest absolute Gasteiger partial charge is 0.217 e. The van der Waals surface area contributed by atoms with Crippen LogP contribution in [0.1, 0.15) is 32.3 Å². The summed E-state index contributed by atoms with van der Waals surface area (Å²) >= 11 is 0. The monoisotopic (exact) mass is 275 g/mol. The molecule has 1 aromatic rings. The normalized spacial score (nSPS) is 26.0. The first kappa shape index (κ1) is 14.7. The third kappa shape index (κ3) is 3.45. The van der Waals surface area contributed by atoms with Crippen LogP contribution in [0.15, 0.2) is 30.3 Å². The summed E-state index contributed by atoms with van der Waals surface area (Å²) in [6.45, 7) is 5.62. The number of likely N-dealkylation sites (tertiary alicyclic amines) is 1. The third-order valence-electron chi connectivity index (χ3n) is 4.05. The highest BCUT2D eigenvalue weighted by Gasteiger charge is 2.38. The van der Waals surface area contributed by atoms with Crippen molar-refractivity contribution in [2.45, 2.75) is 32.2 Å². The zero-order chi connectivity index (χ0) is 14.6. The summed E-state index contributed by atoms with van der Waals surface area (Å²) in [5.41, 5.74) is 0.894. The van der Waals surface area contributed by atoms with Crippen molar-refractivity contribution in [2.24, 2.45) is 0 Å². The number of ketones is 1. The Hall–Kier alpha value is -1.68. The van der Waals surface area contributed by atoms with Crippen LogP contribution in [0.2, 0.25) is 0 Å². The van der Waals surface area contributed by atoms with Crippen LogP contribution >= 0.6 is 0 Å². The zero-order valence-corrected chi connectivity index (χ0v) is 12.2. The number of benzene rings is 1. The van der Waals surface area contributed by atoms with Gasteiger partial charge in [0.1, 0.15) is 6.54 Å². The van der Waals surface area contributed by atoms with Gasteiger partial charge in [0, 0.05) is 26.7 Å². The second kappa shape index (κ2) is 6.18. The maximum Gasteiger partial charge on any atom is 0.217 e. The van der Waals surface area contributed by atoms with E-state index >= 15 is 0 Å². The van der Waals surface area contributed by atoms with Crippen LogP contribution in [0.5, 0.6) is 0 Å². The topological polar surface area (TPSA) is 50.6 Å². The molecular weight excluding hydrogens is 252 g/mol. The Labute approximate surface area is 120 Å². The van der Waals surface area contributed by atoms with Crippen LogP contribution in [0.3, 0.4) is 0 Å². The van der Waals surface area contributed by atoms with Crippen LogP contribution in [0, 0.1) is 0 Å². The largest absolute Gasteiger partial charge is 0.346 e. The molecule has 108 valence electrons. The number of piperidine rings is 1. The fourth-order valence-corrected chi connectivity index (χ4v) is 3.14. The van der Waals surface area contributed by atoms with Crippen LogP contribution in [0.4, 0.5) is 0 Å². The Balaban J connectivity index is 2.15. The van der Waals surface area contributed by atoms with Crippen molar-refractivity contribution in [3.63, 3.8) is 0 Å². The van der Waals surface area contributed by atoms with E-state index in [2.05, 4.69) is 17.4 Å². The minimum Gasteiger partial charge on any atom is -0.346 e. The minimum absolute atomic E-state index is 0.00358. The van der Waals surface area contributed by atoms with E-state index in [9.17, 15) is 9.59 Å². The lowest BCUT2D eigenvalue weighted by molar-refractivity contribution is -0.898. The Morgan fingerprint density at radius 3 is 2.25 bits per heavy atom. The first-order valence-corrected chi connectivity index (χ1v) is 7.19. The average molecular weight is 275 g/mol. The van der Waals surface area contributed by atoms with E-state index in [0.29, 0.717) is 6.54 Å². The zero-order valence-electron chi connectivity index (χ0n) is 12.2. The van der Waals surface area contributed by atoms with Crippen molar-refractivity contribution in [3.05, 3.63) is 35.9 Å². The van der Waals surface area contributed by atoms with Crippen molar-refractivity contribution in [1.29, 1.82) is 0 Å². The number of hydrogen-bond acceptors (Lipinski definition) is 2. The summed E-state index contributed by atoms with van der Waals surface area (Å²) in [5.74, 6) is 0.232. The summed E-state index contributed by atoms with van der Waals surface area (Å²) < 4.78 is 0. The van der Waals surface area contributed by atoms with Gasteiger partial charge in [0.25, 0.3) is 0 Å². The highest BCUT2D eigenvalue weighted by atomic mass is 16.1. The van der Waals surface area contributed by atoms with Gasteiger partial charge >= 0.3 is 0 Å². The quantitative estimate of drug-likeness (QED) is 0.829. The molecular formula is C16H23N2O2+. The molecule has 0 spiro atoms. The van der Waals surface area contributed by atoms with Gasteiger partial charge < -0.3 is 10.2 Å². The van der Waals surface area contributed by atoms with Crippen LogP contribution in [0.25, 0.3) is 0 Å². The fraction of sp³-hybridized carbons (Fsp3) is 0.500. The van der Waals surface area contributed by atoms with Gasteiger partial charge in [-0.3, -0.25) is 9.59 Å². The van der Waals surface area contributed by atoms with E-state index in [1.165, 1.54) is 4.90 Å². The minimum atomic E-state index is -0.270. The number of carbonyl (C=O) groups is 2. The van der Waals surface area contributed by atoms with Crippen molar-refractivity contribution < 1.29 is 14.5 Å².